The normalized spacial score (nSPS) is 11.1. The second kappa shape index (κ2) is 6.33. The van der Waals surface area contributed by atoms with E-state index in [9.17, 15) is 4.79 Å². The van der Waals surface area contributed by atoms with Gasteiger partial charge in [0.1, 0.15) is 5.76 Å². The van der Waals surface area contributed by atoms with E-state index in [1.165, 1.54) is 11.8 Å². The van der Waals surface area contributed by atoms with Gasteiger partial charge in [-0.3, -0.25) is 9.36 Å². The van der Waals surface area contributed by atoms with Crippen LogP contribution < -0.4 is 0 Å². The number of thioether (sulfide) groups is 1. The highest BCUT2D eigenvalue weighted by atomic mass is 32.2. The van der Waals surface area contributed by atoms with Crippen molar-refractivity contribution in [3.8, 4) is 5.82 Å². The fourth-order valence-electron chi connectivity index (χ4n) is 2.46. The molecule has 0 saturated heterocycles. The van der Waals surface area contributed by atoms with Gasteiger partial charge in [-0.15, -0.1) is 11.3 Å². The zero-order valence-electron chi connectivity index (χ0n) is 13.4. The number of ketones is 1. The van der Waals surface area contributed by atoms with Crippen molar-refractivity contribution >= 4 is 28.9 Å². The molecule has 23 heavy (non-hydrogen) atoms. The largest absolute Gasteiger partial charge is 0.360 e. The highest BCUT2D eigenvalue weighted by molar-refractivity contribution is 8.01. The average Bonchev–Trinajstić information content (AvgIpc) is 3.17. The first kappa shape index (κ1) is 16.0. The third kappa shape index (κ3) is 3.25. The summed E-state index contributed by atoms with van der Waals surface area (Å²) in [7, 11) is 0. The average molecular weight is 347 g/mol. The predicted molar refractivity (Wildman–Crippen MR) is 91.9 cm³/mol. The molecule has 0 aromatic carbocycles. The first-order valence-corrected chi connectivity index (χ1v) is 9.03. The predicted octanol–water partition coefficient (Wildman–Crippen LogP) is 4.13. The Bertz CT molecular complexity index is 861. The lowest BCUT2D eigenvalue weighted by Crippen LogP contribution is -2.05. The molecule has 0 amide bonds. The van der Waals surface area contributed by atoms with Crippen LogP contribution in [0.25, 0.3) is 5.82 Å². The third-order valence-electron chi connectivity index (χ3n) is 3.50. The molecular weight excluding hydrogens is 330 g/mol. The minimum Gasteiger partial charge on any atom is -0.360 e. The summed E-state index contributed by atoms with van der Waals surface area (Å²) in [6.07, 6.45) is 0. The quantitative estimate of drug-likeness (QED) is 0.513. The van der Waals surface area contributed by atoms with Gasteiger partial charge >= 0.3 is 0 Å². The van der Waals surface area contributed by atoms with Crippen LogP contribution in [-0.2, 0) is 0 Å². The number of thiazole rings is 1. The molecule has 0 aliphatic carbocycles. The van der Waals surface area contributed by atoms with Gasteiger partial charge in [0.15, 0.2) is 15.9 Å². The molecule has 3 aromatic heterocycles. The van der Waals surface area contributed by atoms with Crippen molar-refractivity contribution < 1.29 is 9.32 Å². The van der Waals surface area contributed by atoms with Crippen molar-refractivity contribution in [3.63, 3.8) is 0 Å². The van der Waals surface area contributed by atoms with Crippen molar-refractivity contribution in [2.45, 2.75) is 32.0 Å². The summed E-state index contributed by atoms with van der Waals surface area (Å²) < 4.78 is 8.01. The van der Waals surface area contributed by atoms with Crippen LogP contribution in [0.2, 0.25) is 0 Å². The van der Waals surface area contributed by atoms with E-state index < -0.39 is 0 Å². The van der Waals surface area contributed by atoms with Crippen LogP contribution >= 0.6 is 23.1 Å². The summed E-state index contributed by atoms with van der Waals surface area (Å²) >= 11 is 3.05. The third-order valence-corrected chi connectivity index (χ3v) is 5.64. The molecule has 5 nitrogen and oxygen atoms in total. The maximum absolute atomic E-state index is 12.5. The number of Topliss-reactive ketones (excluding diaryl/α,β-unsaturated/α-hetero) is 1. The van der Waals surface area contributed by atoms with Crippen molar-refractivity contribution in [1.29, 1.82) is 0 Å². The fraction of sp³-hybridized carbons (Fsp3) is 0.312. The van der Waals surface area contributed by atoms with Gasteiger partial charge in [0, 0.05) is 34.1 Å². The topological polar surface area (TPSA) is 60.9 Å². The summed E-state index contributed by atoms with van der Waals surface area (Å²) in [5, 5.41) is 6.03. The molecule has 0 saturated carbocycles. The Kier molecular flexibility index (Phi) is 4.41. The van der Waals surface area contributed by atoms with Crippen molar-refractivity contribution in [3.05, 3.63) is 45.9 Å². The molecule has 3 aromatic rings. The monoisotopic (exact) mass is 347 g/mol. The fourth-order valence-corrected chi connectivity index (χ4v) is 4.19. The smallest absolute Gasteiger partial charge is 0.180 e. The molecule has 0 radical (unpaired) electrons. The Balaban J connectivity index is 1.81. The van der Waals surface area contributed by atoms with Crippen LogP contribution in [0.1, 0.15) is 33.2 Å². The zero-order valence-corrected chi connectivity index (χ0v) is 15.0. The molecule has 7 heteroatoms. The van der Waals surface area contributed by atoms with Gasteiger partial charge in [0.25, 0.3) is 0 Å². The lowest BCUT2D eigenvalue weighted by molar-refractivity contribution is 0.102. The minimum atomic E-state index is 0.0995. The van der Waals surface area contributed by atoms with E-state index in [0.29, 0.717) is 11.6 Å². The molecule has 0 spiro atoms. The van der Waals surface area contributed by atoms with Crippen LogP contribution in [0.5, 0.6) is 0 Å². The van der Waals surface area contributed by atoms with E-state index in [0.717, 1.165) is 32.7 Å². The Hall–Kier alpha value is -1.86. The number of carbonyl (C=O) groups is 1. The van der Waals surface area contributed by atoms with Crippen LogP contribution in [0.3, 0.4) is 0 Å². The number of aryl methyl sites for hydroxylation is 3. The lowest BCUT2D eigenvalue weighted by atomic mass is 10.2. The second-order valence-corrected chi connectivity index (χ2v) is 7.46. The second-order valence-electron chi connectivity index (χ2n) is 5.38. The number of carbonyl (C=O) groups excluding carboxylic acids is 1. The van der Waals surface area contributed by atoms with E-state index >= 15 is 0 Å². The van der Waals surface area contributed by atoms with Crippen molar-refractivity contribution in [2.24, 2.45) is 0 Å². The number of nitrogens with zero attached hydrogens (tertiary/aromatic N) is 3. The molecule has 0 atom stereocenters. The summed E-state index contributed by atoms with van der Waals surface area (Å²) in [5.74, 6) is 1.94. The zero-order chi connectivity index (χ0) is 16.6. The van der Waals surface area contributed by atoms with Gasteiger partial charge in [-0.2, -0.15) is 0 Å². The molecule has 0 aliphatic heterocycles. The van der Waals surface area contributed by atoms with Crippen molar-refractivity contribution in [2.75, 3.05) is 5.75 Å². The van der Waals surface area contributed by atoms with E-state index in [-0.39, 0.29) is 5.78 Å². The number of rotatable bonds is 5. The van der Waals surface area contributed by atoms with E-state index in [2.05, 4.69) is 10.1 Å². The lowest BCUT2D eigenvalue weighted by Gasteiger charge is -2.04. The summed E-state index contributed by atoms with van der Waals surface area (Å²) in [6.45, 7) is 7.70. The summed E-state index contributed by atoms with van der Waals surface area (Å²) in [5.41, 5.74) is 3.57. The van der Waals surface area contributed by atoms with E-state index in [4.69, 9.17) is 4.52 Å². The Morgan fingerprint density at radius 2 is 2.09 bits per heavy atom. The standard InChI is InChI=1S/C16H17N3O2S2/c1-9-7-22-16(17-9)23-8-14(20)13-5-10(2)19(12(13)4)15-6-11(3)21-18-15/h5-7H,8H2,1-4H3. The summed E-state index contributed by atoms with van der Waals surface area (Å²) in [4.78, 5) is 16.9. The van der Waals surface area contributed by atoms with Crippen molar-refractivity contribution in [1.82, 2.24) is 14.7 Å². The van der Waals surface area contributed by atoms with Crippen LogP contribution in [0.15, 0.2) is 26.4 Å². The van der Waals surface area contributed by atoms with Gasteiger partial charge < -0.3 is 4.52 Å². The van der Waals surface area contributed by atoms with Crippen LogP contribution in [0, 0.1) is 27.7 Å². The van der Waals surface area contributed by atoms with Crippen LogP contribution in [0.4, 0.5) is 0 Å². The Morgan fingerprint density at radius 3 is 2.70 bits per heavy atom. The van der Waals surface area contributed by atoms with Gasteiger partial charge in [0.2, 0.25) is 0 Å². The molecule has 0 bridgehead atoms. The molecule has 120 valence electrons. The molecule has 0 unspecified atom stereocenters. The highest BCUT2D eigenvalue weighted by Gasteiger charge is 2.18. The number of hydrogen-bond donors (Lipinski definition) is 0. The molecule has 3 heterocycles. The summed E-state index contributed by atoms with van der Waals surface area (Å²) in [6, 6.07) is 3.77. The first-order chi connectivity index (χ1) is 11.0. The molecule has 3 rings (SSSR count). The van der Waals surface area contributed by atoms with Gasteiger partial charge in [-0.05, 0) is 33.8 Å². The van der Waals surface area contributed by atoms with E-state index in [1.54, 1.807) is 11.3 Å². The number of aromatic nitrogens is 3. The number of hydrogen-bond acceptors (Lipinski definition) is 6. The molecule has 0 fully saturated rings. The minimum absolute atomic E-state index is 0.0995. The Labute approximate surface area is 142 Å². The van der Waals surface area contributed by atoms with Crippen LogP contribution in [-0.4, -0.2) is 26.2 Å². The first-order valence-electron chi connectivity index (χ1n) is 7.16. The maximum atomic E-state index is 12.5. The molecular formula is C16H17N3O2S2. The van der Waals surface area contributed by atoms with E-state index in [1.807, 2.05) is 49.8 Å². The Morgan fingerprint density at radius 1 is 1.30 bits per heavy atom. The SMILES string of the molecule is Cc1csc(SCC(=O)c2cc(C)n(-c3cc(C)on3)c2C)n1. The highest BCUT2D eigenvalue weighted by Crippen LogP contribution is 2.26. The van der Waals surface area contributed by atoms with Gasteiger partial charge in [-0.1, -0.05) is 16.9 Å². The van der Waals surface area contributed by atoms with Gasteiger partial charge in [-0.25, -0.2) is 4.98 Å². The maximum Gasteiger partial charge on any atom is 0.180 e. The molecule has 0 aliphatic rings. The van der Waals surface area contributed by atoms with Gasteiger partial charge in [0.05, 0.1) is 5.75 Å². The molecule has 0 N–H and O–H groups in total.